The summed E-state index contributed by atoms with van der Waals surface area (Å²) in [5, 5.41) is 15.4. The zero-order valence-corrected chi connectivity index (χ0v) is 17.0. The largest absolute Gasteiger partial charge is 0.477 e. The number of piperidine rings is 1. The van der Waals surface area contributed by atoms with Crippen LogP contribution in [-0.2, 0) is 11.8 Å². The van der Waals surface area contributed by atoms with Crippen molar-refractivity contribution in [1.29, 1.82) is 0 Å². The van der Waals surface area contributed by atoms with Gasteiger partial charge in [-0.25, -0.2) is 9.78 Å². The molecule has 2 aromatic heterocycles. The lowest BCUT2D eigenvalue weighted by atomic mass is 9.82. The number of fused-ring (bicyclic) bond motifs is 1. The molecule has 1 N–H and O–H groups in total. The number of aromatic carboxylic acids is 1. The Morgan fingerprint density at radius 2 is 1.86 bits per heavy atom. The standard InChI is InChI=1S/C21H29N5O3/c1-24-20-18(19(23-24)14-3-2-4-14)17(13-16(22-20)21(27)28)26-7-5-15(6-8-26)25-9-11-29-12-10-25/h13-15H,2-12H2,1H3,(H,27,28). The van der Waals surface area contributed by atoms with Crippen LogP contribution in [0.2, 0.25) is 0 Å². The number of carbonyl (C=O) groups is 1. The smallest absolute Gasteiger partial charge is 0.354 e. The van der Waals surface area contributed by atoms with E-state index >= 15 is 0 Å². The van der Waals surface area contributed by atoms with Gasteiger partial charge in [-0.3, -0.25) is 9.58 Å². The summed E-state index contributed by atoms with van der Waals surface area (Å²) >= 11 is 0. The van der Waals surface area contributed by atoms with Gasteiger partial charge in [0, 0.05) is 45.2 Å². The number of hydrogen-bond donors (Lipinski definition) is 1. The molecule has 2 aromatic rings. The second-order valence-electron chi connectivity index (χ2n) is 8.53. The van der Waals surface area contributed by atoms with E-state index < -0.39 is 5.97 Å². The average Bonchev–Trinajstić information content (AvgIpc) is 3.03. The van der Waals surface area contributed by atoms with Crippen LogP contribution in [0.3, 0.4) is 0 Å². The van der Waals surface area contributed by atoms with Crippen LogP contribution in [0.5, 0.6) is 0 Å². The number of pyridine rings is 1. The zero-order valence-electron chi connectivity index (χ0n) is 17.0. The van der Waals surface area contributed by atoms with E-state index in [-0.39, 0.29) is 5.69 Å². The highest BCUT2D eigenvalue weighted by atomic mass is 16.5. The van der Waals surface area contributed by atoms with Gasteiger partial charge < -0.3 is 14.7 Å². The SMILES string of the molecule is Cn1nc(C2CCC2)c2c(N3CCC(N4CCOCC4)CC3)cc(C(=O)O)nc21. The minimum atomic E-state index is -0.984. The molecule has 29 heavy (non-hydrogen) atoms. The molecule has 4 heterocycles. The van der Waals surface area contributed by atoms with Gasteiger partial charge in [0.1, 0.15) is 0 Å². The molecule has 8 nitrogen and oxygen atoms in total. The van der Waals surface area contributed by atoms with Gasteiger partial charge in [-0.2, -0.15) is 5.10 Å². The lowest BCUT2D eigenvalue weighted by Crippen LogP contribution is -2.49. The van der Waals surface area contributed by atoms with E-state index in [2.05, 4.69) is 14.8 Å². The van der Waals surface area contributed by atoms with E-state index in [0.29, 0.717) is 17.6 Å². The van der Waals surface area contributed by atoms with Crippen molar-refractivity contribution in [2.45, 2.75) is 44.1 Å². The third kappa shape index (κ3) is 3.38. The van der Waals surface area contributed by atoms with Gasteiger partial charge in [0.25, 0.3) is 0 Å². The Bertz CT molecular complexity index is 909. The predicted molar refractivity (Wildman–Crippen MR) is 110 cm³/mol. The fraction of sp³-hybridized carbons (Fsp3) is 0.667. The first-order valence-corrected chi connectivity index (χ1v) is 10.8. The van der Waals surface area contributed by atoms with Crippen molar-refractivity contribution in [2.24, 2.45) is 7.05 Å². The van der Waals surface area contributed by atoms with E-state index in [9.17, 15) is 9.90 Å². The normalized spacial score (nSPS) is 22.2. The Kier molecular flexibility index (Phi) is 4.91. The number of nitrogens with zero attached hydrogens (tertiary/aromatic N) is 5. The molecule has 0 spiro atoms. The second kappa shape index (κ2) is 7.57. The number of hydrogen-bond acceptors (Lipinski definition) is 6. The van der Waals surface area contributed by atoms with Gasteiger partial charge in [0.05, 0.1) is 30.0 Å². The summed E-state index contributed by atoms with van der Waals surface area (Å²) < 4.78 is 7.26. The van der Waals surface area contributed by atoms with Crippen LogP contribution < -0.4 is 4.90 Å². The minimum Gasteiger partial charge on any atom is -0.477 e. The summed E-state index contributed by atoms with van der Waals surface area (Å²) in [5.41, 5.74) is 2.90. The van der Waals surface area contributed by atoms with E-state index in [1.54, 1.807) is 10.7 Å². The van der Waals surface area contributed by atoms with Crippen molar-refractivity contribution in [3.8, 4) is 0 Å². The van der Waals surface area contributed by atoms with Crippen LogP contribution in [0, 0.1) is 0 Å². The summed E-state index contributed by atoms with van der Waals surface area (Å²) in [4.78, 5) is 21.1. The predicted octanol–water partition coefficient (Wildman–Crippen LogP) is 2.23. The fourth-order valence-corrected chi connectivity index (χ4v) is 5.00. The molecule has 0 aromatic carbocycles. The zero-order chi connectivity index (χ0) is 20.0. The number of anilines is 1. The van der Waals surface area contributed by atoms with Crippen LogP contribution in [0.4, 0.5) is 5.69 Å². The molecule has 5 rings (SSSR count). The summed E-state index contributed by atoms with van der Waals surface area (Å²) in [6.45, 7) is 5.54. The van der Waals surface area contributed by atoms with Gasteiger partial charge in [0.15, 0.2) is 11.3 Å². The van der Waals surface area contributed by atoms with Gasteiger partial charge >= 0.3 is 5.97 Å². The maximum atomic E-state index is 11.7. The average molecular weight is 399 g/mol. The van der Waals surface area contributed by atoms with Crippen molar-refractivity contribution < 1.29 is 14.6 Å². The molecule has 0 atom stereocenters. The minimum absolute atomic E-state index is 0.103. The first-order chi connectivity index (χ1) is 14.1. The lowest BCUT2D eigenvalue weighted by Gasteiger charge is -2.41. The molecule has 1 saturated carbocycles. The molecule has 156 valence electrons. The van der Waals surface area contributed by atoms with Crippen molar-refractivity contribution in [1.82, 2.24) is 19.7 Å². The van der Waals surface area contributed by atoms with Crippen molar-refractivity contribution in [3.63, 3.8) is 0 Å². The van der Waals surface area contributed by atoms with Crippen molar-refractivity contribution in [2.75, 3.05) is 44.3 Å². The first-order valence-electron chi connectivity index (χ1n) is 10.8. The van der Waals surface area contributed by atoms with Crippen LogP contribution >= 0.6 is 0 Å². The number of carboxylic acids is 1. The van der Waals surface area contributed by atoms with Crippen molar-refractivity contribution in [3.05, 3.63) is 17.5 Å². The molecule has 0 radical (unpaired) electrons. The molecule has 1 aliphatic carbocycles. The number of ether oxygens (including phenoxy) is 1. The molecule has 3 fully saturated rings. The number of carboxylic acid groups (broad SMARTS) is 1. The quantitative estimate of drug-likeness (QED) is 0.844. The first kappa shape index (κ1) is 18.8. The van der Waals surface area contributed by atoms with Crippen LogP contribution in [0.15, 0.2) is 6.07 Å². The summed E-state index contributed by atoms with van der Waals surface area (Å²) in [6, 6.07) is 2.36. The number of aromatic nitrogens is 3. The number of rotatable bonds is 4. The third-order valence-corrected chi connectivity index (χ3v) is 6.88. The van der Waals surface area contributed by atoms with E-state index in [0.717, 1.165) is 81.8 Å². The monoisotopic (exact) mass is 399 g/mol. The highest BCUT2D eigenvalue weighted by Crippen LogP contribution is 2.42. The molecule has 0 amide bonds. The van der Waals surface area contributed by atoms with Crippen LogP contribution in [0.1, 0.15) is 54.2 Å². The molecule has 0 bridgehead atoms. The molecular weight excluding hydrogens is 370 g/mol. The molecule has 8 heteroatoms. The molecule has 2 saturated heterocycles. The maximum absolute atomic E-state index is 11.7. The molecular formula is C21H29N5O3. The van der Waals surface area contributed by atoms with Gasteiger partial charge in [-0.1, -0.05) is 6.42 Å². The lowest BCUT2D eigenvalue weighted by molar-refractivity contribution is 0.0115. The molecule has 2 aliphatic heterocycles. The van der Waals surface area contributed by atoms with Gasteiger partial charge in [-0.15, -0.1) is 0 Å². The topological polar surface area (TPSA) is 83.7 Å². The van der Waals surface area contributed by atoms with Crippen molar-refractivity contribution >= 4 is 22.7 Å². The highest BCUT2D eigenvalue weighted by molar-refractivity contribution is 5.98. The Labute approximate surface area is 170 Å². The Morgan fingerprint density at radius 3 is 2.48 bits per heavy atom. The Morgan fingerprint density at radius 1 is 1.14 bits per heavy atom. The van der Waals surface area contributed by atoms with Crippen LogP contribution in [0.25, 0.3) is 11.0 Å². The summed E-state index contributed by atoms with van der Waals surface area (Å²) in [6.07, 6.45) is 5.73. The third-order valence-electron chi connectivity index (χ3n) is 6.88. The van der Waals surface area contributed by atoms with E-state index in [4.69, 9.17) is 9.84 Å². The van der Waals surface area contributed by atoms with E-state index in [1.807, 2.05) is 7.05 Å². The molecule has 0 unspecified atom stereocenters. The summed E-state index contributed by atoms with van der Waals surface area (Å²) in [7, 11) is 1.87. The summed E-state index contributed by atoms with van der Waals surface area (Å²) in [5.74, 6) is -0.511. The maximum Gasteiger partial charge on any atom is 0.354 e. The van der Waals surface area contributed by atoms with E-state index in [1.165, 1.54) is 6.42 Å². The second-order valence-corrected chi connectivity index (χ2v) is 8.53. The van der Waals surface area contributed by atoms with Gasteiger partial charge in [-0.05, 0) is 31.7 Å². The highest BCUT2D eigenvalue weighted by Gasteiger charge is 2.31. The Hall–Kier alpha value is -2.19. The Balaban J connectivity index is 1.47. The molecule has 3 aliphatic rings. The number of morpholine rings is 1. The number of aryl methyl sites for hydroxylation is 1. The van der Waals surface area contributed by atoms with Gasteiger partial charge in [0.2, 0.25) is 0 Å². The fourth-order valence-electron chi connectivity index (χ4n) is 5.00. The van der Waals surface area contributed by atoms with Crippen LogP contribution in [-0.4, -0.2) is 76.2 Å².